The predicted molar refractivity (Wildman–Crippen MR) is 128 cm³/mol. The van der Waals surface area contributed by atoms with E-state index in [2.05, 4.69) is 53.3 Å². The van der Waals surface area contributed by atoms with E-state index in [0.717, 1.165) is 46.8 Å². The van der Waals surface area contributed by atoms with Crippen molar-refractivity contribution in [1.29, 1.82) is 0 Å². The van der Waals surface area contributed by atoms with Crippen LogP contribution in [0.1, 0.15) is 39.5 Å². The van der Waals surface area contributed by atoms with Crippen LogP contribution in [-0.2, 0) is 0 Å². The van der Waals surface area contributed by atoms with Gasteiger partial charge < -0.3 is 20.1 Å². The number of nitrogens with one attached hydrogen (secondary N) is 1. The monoisotopic (exact) mass is 419 g/mol. The standard InChI is InChI=1S/C26H33N3O2/c1-4-29(5-2)21-10-8-20(9-11-21)28-24-14-15-27-23-12-6-18(16-22(23)24)19-7-13-25(30)26(17-19)31-3/h6-7,12-17,20-21,30H,4-5,8-11H2,1-3H3,(H,27,28). The van der Waals surface area contributed by atoms with Gasteiger partial charge >= 0.3 is 0 Å². The van der Waals surface area contributed by atoms with E-state index in [9.17, 15) is 5.11 Å². The van der Waals surface area contributed by atoms with Crippen molar-refractivity contribution in [1.82, 2.24) is 9.88 Å². The van der Waals surface area contributed by atoms with E-state index in [4.69, 9.17) is 4.74 Å². The van der Waals surface area contributed by atoms with Crippen molar-refractivity contribution in [2.24, 2.45) is 0 Å². The molecule has 164 valence electrons. The van der Waals surface area contributed by atoms with Gasteiger partial charge in [-0.2, -0.15) is 0 Å². The number of pyridine rings is 1. The summed E-state index contributed by atoms with van der Waals surface area (Å²) in [5.74, 6) is 0.628. The molecule has 1 saturated carbocycles. The first-order valence-electron chi connectivity index (χ1n) is 11.4. The fraction of sp³-hybridized carbons (Fsp3) is 0.423. The van der Waals surface area contributed by atoms with E-state index >= 15 is 0 Å². The summed E-state index contributed by atoms with van der Waals surface area (Å²) in [6.45, 7) is 6.80. The van der Waals surface area contributed by atoms with E-state index in [1.165, 1.54) is 25.7 Å². The predicted octanol–water partition coefficient (Wildman–Crippen LogP) is 5.68. The normalized spacial score (nSPS) is 19.0. The Kier molecular flexibility index (Phi) is 6.62. The van der Waals surface area contributed by atoms with Crippen molar-refractivity contribution in [2.45, 2.75) is 51.6 Å². The zero-order valence-electron chi connectivity index (χ0n) is 18.8. The summed E-state index contributed by atoms with van der Waals surface area (Å²) in [4.78, 5) is 7.16. The van der Waals surface area contributed by atoms with E-state index in [1.807, 2.05) is 18.3 Å². The lowest BCUT2D eigenvalue weighted by Crippen LogP contribution is -2.40. The van der Waals surface area contributed by atoms with Crippen molar-refractivity contribution in [2.75, 3.05) is 25.5 Å². The molecule has 1 fully saturated rings. The number of phenolic OH excluding ortho intramolecular Hbond substituents is 1. The zero-order valence-corrected chi connectivity index (χ0v) is 18.8. The van der Waals surface area contributed by atoms with Crippen LogP contribution >= 0.6 is 0 Å². The van der Waals surface area contributed by atoms with Crippen LogP contribution in [0.15, 0.2) is 48.7 Å². The first kappa shape index (κ1) is 21.4. The minimum Gasteiger partial charge on any atom is -0.504 e. The molecule has 1 aliphatic rings. The number of aromatic nitrogens is 1. The number of aromatic hydroxyl groups is 1. The molecule has 31 heavy (non-hydrogen) atoms. The molecule has 5 heteroatoms. The lowest BCUT2D eigenvalue weighted by atomic mass is 9.89. The molecule has 1 aliphatic carbocycles. The number of methoxy groups -OCH3 is 1. The molecule has 0 radical (unpaired) electrons. The van der Waals surface area contributed by atoms with Gasteiger partial charge in [-0.25, -0.2) is 0 Å². The molecule has 0 aliphatic heterocycles. The number of fused-ring (bicyclic) bond motifs is 1. The lowest BCUT2D eigenvalue weighted by molar-refractivity contribution is 0.167. The summed E-state index contributed by atoms with van der Waals surface area (Å²) < 4.78 is 5.28. The molecule has 3 aromatic rings. The molecule has 0 bridgehead atoms. The maximum Gasteiger partial charge on any atom is 0.161 e. The molecule has 0 amide bonds. The van der Waals surface area contributed by atoms with Gasteiger partial charge in [0.2, 0.25) is 0 Å². The van der Waals surface area contributed by atoms with E-state index in [0.29, 0.717) is 11.8 Å². The average molecular weight is 420 g/mol. The SMILES string of the molecule is CCN(CC)C1CCC(Nc2ccnc3ccc(-c4ccc(O)c(OC)c4)cc23)CC1. The van der Waals surface area contributed by atoms with Crippen LogP contribution < -0.4 is 10.1 Å². The van der Waals surface area contributed by atoms with Gasteiger partial charge in [-0.05, 0) is 80.2 Å². The maximum atomic E-state index is 9.92. The van der Waals surface area contributed by atoms with Gasteiger partial charge in [-0.3, -0.25) is 4.98 Å². The molecule has 1 aromatic heterocycles. The Morgan fingerprint density at radius 3 is 2.42 bits per heavy atom. The summed E-state index contributed by atoms with van der Waals surface area (Å²) >= 11 is 0. The third-order valence-electron chi connectivity index (χ3n) is 6.64. The average Bonchev–Trinajstić information content (AvgIpc) is 2.81. The van der Waals surface area contributed by atoms with E-state index in [-0.39, 0.29) is 5.75 Å². The number of rotatable bonds is 7. The summed E-state index contributed by atoms with van der Waals surface area (Å²) in [6, 6.07) is 15.1. The third-order valence-corrected chi connectivity index (χ3v) is 6.64. The number of phenols is 1. The Balaban J connectivity index is 1.56. The number of hydrogen-bond acceptors (Lipinski definition) is 5. The van der Waals surface area contributed by atoms with Crippen LogP contribution in [0.5, 0.6) is 11.5 Å². The van der Waals surface area contributed by atoms with Gasteiger partial charge in [0, 0.05) is 29.4 Å². The highest BCUT2D eigenvalue weighted by Crippen LogP contribution is 2.34. The Morgan fingerprint density at radius 1 is 1.00 bits per heavy atom. The van der Waals surface area contributed by atoms with Crippen molar-refractivity contribution in [3.8, 4) is 22.6 Å². The Labute approximate surface area is 185 Å². The Morgan fingerprint density at radius 2 is 1.71 bits per heavy atom. The highest BCUT2D eigenvalue weighted by molar-refractivity contribution is 5.94. The molecule has 0 atom stereocenters. The Hall–Kier alpha value is -2.79. The summed E-state index contributed by atoms with van der Waals surface area (Å²) in [6.07, 6.45) is 6.77. The second kappa shape index (κ2) is 9.56. The number of ether oxygens (including phenoxy) is 1. The van der Waals surface area contributed by atoms with Crippen LogP contribution in [0.4, 0.5) is 5.69 Å². The highest BCUT2D eigenvalue weighted by Gasteiger charge is 2.24. The Bertz CT molecular complexity index is 1020. The minimum absolute atomic E-state index is 0.149. The molecule has 0 unspecified atom stereocenters. The molecule has 2 aromatic carbocycles. The fourth-order valence-electron chi connectivity index (χ4n) is 4.85. The molecule has 0 saturated heterocycles. The number of hydrogen-bond donors (Lipinski definition) is 2. The first-order chi connectivity index (χ1) is 15.1. The van der Waals surface area contributed by atoms with Crippen molar-refractivity contribution >= 4 is 16.6 Å². The summed E-state index contributed by atoms with van der Waals surface area (Å²) in [5.41, 5.74) is 4.21. The second-order valence-electron chi connectivity index (χ2n) is 8.35. The van der Waals surface area contributed by atoms with Gasteiger partial charge in [-0.1, -0.05) is 26.0 Å². The minimum atomic E-state index is 0.149. The third kappa shape index (κ3) is 4.62. The number of benzene rings is 2. The van der Waals surface area contributed by atoms with Crippen molar-refractivity contribution in [3.05, 3.63) is 48.7 Å². The van der Waals surface area contributed by atoms with Crippen LogP contribution in [0.2, 0.25) is 0 Å². The van der Waals surface area contributed by atoms with Crippen molar-refractivity contribution in [3.63, 3.8) is 0 Å². The lowest BCUT2D eigenvalue weighted by Gasteiger charge is -2.36. The van der Waals surface area contributed by atoms with Crippen molar-refractivity contribution < 1.29 is 9.84 Å². The zero-order chi connectivity index (χ0) is 21.8. The molecule has 4 rings (SSSR count). The quantitative estimate of drug-likeness (QED) is 0.516. The molecular weight excluding hydrogens is 386 g/mol. The molecule has 2 N–H and O–H groups in total. The van der Waals surface area contributed by atoms with Crippen LogP contribution in [0.3, 0.4) is 0 Å². The van der Waals surface area contributed by atoms with Crippen LogP contribution in [0.25, 0.3) is 22.0 Å². The second-order valence-corrected chi connectivity index (χ2v) is 8.35. The molecule has 5 nitrogen and oxygen atoms in total. The number of anilines is 1. The number of nitrogens with zero attached hydrogens (tertiary/aromatic N) is 2. The van der Waals surface area contributed by atoms with Gasteiger partial charge in [0.1, 0.15) is 0 Å². The highest BCUT2D eigenvalue weighted by atomic mass is 16.5. The first-order valence-corrected chi connectivity index (χ1v) is 11.4. The van der Waals surface area contributed by atoms with E-state index < -0.39 is 0 Å². The molecular formula is C26H33N3O2. The van der Waals surface area contributed by atoms with Gasteiger partial charge in [0.05, 0.1) is 12.6 Å². The topological polar surface area (TPSA) is 57.6 Å². The van der Waals surface area contributed by atoms with Gasteiger partial charge in [0.25, 0.3) is 0 Å². The fourth-order valence-corrected chi connectivity index (χ4v) is 4.85. The van der Waals surface area contributed by atoms with Crippen LogP contribution in [-0.4, -0.2) is 47.3 Å². The van der Waals surface area contributed by atoms with E-state index in [1.54, 1.807) is 13.2 Å². The smallest absolute Gasteiger partial charge is 0.161 e. The molecule has 0 spiro atoms. The van der Waals surface area contributed by atoms with Gasteiger partial charge in [-0.15, -0.1) is 0 Å². The van der Waals surface area contributed by atoms with Crippen LogP contribution in [0, 0.1) is 0 Å². The van der Waals surface area contributed by atoms with Gasteiger partial charge in [0.15, 0.2) is 11.5 Å². The largest absolute Gasteiger partial charge is 0.504 e. The summed E-state index contributed by atoms with van der Waals surface area (Å²) in [5, 5.41) is 14.8. The molecule has 1 heterocycles. The maximum absolute atomic E-state index is 9.92. The summed E-state index contributed by atoms with van der Waals surface area (Å²) in [7, 11) is 1.57.